The third-order valence-electron chi connectivity index (χ3n) is 10.6. The van der Waals surface area contributed by atoms with Crippen molar-refractivity contribution < 1.29 is 4.42 Å². The summed E-state index contributed by atoms with van der Waals surface area (Å²) >= 11 is 0. The fourth-order valence-corrected chi connectivity index (χ4v) is 8.23. The number of hydrogen-bond donors (Lipinski definition) is 0. The maximum absolute atomic E-state index is 7.05. The lowest BCUT2D eigenvalue weighted by Crippen LogP contribution is -2.29. The van der Waals surface area contributed by atoms with Crippen LogP contribution in [0.1, 0.15) is 6.42 Å². The zero-order valence-electron chi connectivity index (χ0n) is 28.6. The molecule has 0 N–H and O–H groups in total. The van der Waals surface area contributed by atoms with Gasteiger partial charge in [0.1, 0.15) is 11.2 Å². The van der Waals surface area contributed by atoms with Crippen LogP contribution < -0.4 is 4.90 Å². The molecule has 1 heterocycles. The molecule has 0 saturated carbocycles. The van der Waals surface area contributed by atoms with Crippen LogP contribution in [-0.2, 0) is 0 Å². The van der Waals surface area contributed by atoms with Gasteiger partial charge < -0.3 is 9.32 Å². The molecule has 0 bridgehead atoms. The van der Waals surface area contributed by atoms with Gasteiger partial charge in [-0.2, -0.15) is 0 Å². The number of fused-ring (bicyclic) bond motifs is 5. The predicted octanol–water partition coefficient (Wildman–Crippen LogP) is 13.9. The van der Waals surface area contributed by atoms with E-state index in [4.69, 9.17) is 4.42 Å². The monoisotopic (exact) mass is 665 g/mol. The molecule has 10 rings (SSSR count). The normalized spacial score (nSPS) is 14.1. The first-order chi connectivity index (χ1) is 25.8. The number of anilines is 2. The second-order valence-electron chi connectivity index (χ2n) is 13.5. The Balaban J connectivity index is 1.16. The highest BCUT2D eigenvalue weighted by molar-refractivity contribution is 6.17. The molecular weight excluding hydrogens is 631 g/mol. The first kappa shape index (κ1) is 30.2. The maximum Gasteiger partial charge on any atom is 0.143 e. The molecule has 0 radical (unpaired) electrons. The van der Waals surface area contributed by atoms with Gasteiger partial charge in [0.15, 0.2) is 0 Å². The van der Waals surface area contributed by atoms with Crippen LogP contribution in [0.4, 0.5) is 11.4 Å². The van der Waals surface area contributed by atoms with Gasteiger partial charge in [0.2, 0.25) is 0 Å². The summed E-state index contributed by atoms with van der Waals surface area (Å²) < 4.78 is 7.05. The van der Waals surface area contributed by atoms with Crippen LogP contribution in [0.2, 0.25) is 0 Å². The Hall–Kier alpha value is -6.64. The maximum atomic E-state index is 7.05. The summed E-state index contributed by atoms with van der Waals surface area (Å²) in [5.74, 6) is 0. The fourth-order valence-electron chi connectivity index (χ4n) is 8.23. The highest BCUT2D eigenvalue weighted by Crippen LogP contribution is 2.45. The molecule has 9 aromatic rings. The van der Waals surface area contributed by atoms with Gasteiger partial charge in [0.25, 0.3) is 0 Å². The summed E-state index contributed by atoms with van der Waals surface area (Å²) in [6, 6.07) is 61.4. The van der Waals surface area contributed by atoms with E-state index in [9.17, 15) is 0 Å². The SMILES string of the molecule is C1=CCC(N(c2ccccc2)c2ccc(-c3cccc4c3oc3c(-c5ccc(-c6ccccc6)c6ccccc56)cccc34)c3ccccc23)C=C1. The largest absolute Gasteiger partial charge is 0.455 e. The van der Waals surface area contributed by atoms with Crippen molar-refractivity contribution in [1.29, 1.82) is 0 Å². The Morgan fingerprint density at radius 1 is 0.404 bits per heavy atom. The summed E-state index contributed by atoms with van der Waals surface area (Å²) in [5.41, 5.74) is 11.2. The molecule has 0 spiro atoms. The van der Waals surface area contributed by atoms with Gasteiger partial charge in [-0.05, 0) is 63.0 Å². The topological polar surface area (TPSA) is 16.4 Å². The van der Waals surface area contributed by atoms with Gasteiger partial charge in [-0.1, -0.05) is 176 Å². The third-order valence-corrected chi connectivity index (χ3v) is 10.6. The lowest BCUT2D eigenvalue weighted by molar-refractivity contribution is 0.671. The molecule has 0 fully saturated rings. The molecule has 1 atom stereocenters. The van der Waals surface area contributed by atoms with Crippen LogP contribution in [-0.4, -0.2) is 6.04 Å². The van der Waals surface area contributed by atoms with Crippen molar-refractivity contribution in [3.8, 4) is 33.4 Å². The second-order valence-corrected chi connectivity index (χ2v) is 13.5. The van der Waals surface area contributed by atoms with E-state index in [0.29, 0.717) is 0 Å². The quantitative estimate of drug-likeness (QED) is 0.176. The smallest absolute Gasteiger partial charge is 0.143 e. The van der Waals surface area contributed by atoms with Crippen molar-refractivity contribution in [1.82, 2.24) is 0 Å². The van der Waals surface area contributed by atoms with Crippen molar-refractivity contribution in [2.45, 2.75) is 12.5 Å². The number of benzene rings is 8. The number of rotatable bonds is 6. The summed E-state index contributed by atoms with van der Waals surface area (Å²) in [6.45, 7) is 0. The van der Waals surface area contributed by atoms with Crippen LogP contribution in [0.25, 0.3) is 76.9 Å². The summed E-state index contributed by atoms with van der Waals surface area (Å²) in [6.07, 6.45) is 9.82. The average molecular weight is 666 g/mol. The summed E-state index contributed by atoms with van der Waals surface area (Å²) in [7, 11) is 0. The zero-order chi connectivity index (χ0) is 34.4. The van der Waals surface area contributed by atoms with Crippen LogP contribution in [0.5, 0.6) is 0 Å². The Morgan fingerprint density at radius 2 is 0.923 bits per heavy atom. The molecule has 1 aliphatic carbocycles. The molecule has 2 nitrogen and oxygen atoms in total. The zero-order valence-corrected chi connectivity index (χ0v) is 28.6. The molecule has 1 unspecified atom stereocenters. The van der Waals surface area contributed by atoms with Crippen molar-refractivity contribution in [3.63, 3.8) is 0 Å². The van der Waals surface area contributed by atoms with Gasteiger partial charge in [-0.25, -0.2) is 0 Å². The first-order valence-corrected chi connectivity index (χ1v) is 18.0. The minimum absolute atomic E-state index is 0.219. The summed E-state index contributed by atoms with van der Waals surface area (Å²) in [5, 5.41) is 7.11. The Bertz CT molecular complexity index is 2830. The lowest BCUT2D eigenvalue weighted by Gasteiger charge is -2.33. The highest BCUT2D eigenvalue weighted by Gasteiger charge is 2.23. The fraction of sp³-hybridized carbons (Fsp3) is 0.0400. The minimum atomic E-state index is 0.219. The number of furan rings is 1. The molecule has 1 aromatic heterocycles. The molecule has 246 valence electrons. The number of para-hydroxylation sites is 3. The number of nitrogens with zero attached hydrogens (tertiary/aromatic N) is 1. The van der Waals surface area contributed by atoms with E-state index < -0.39 is 0 Å². The van der Waals surface area contributed by atoms with E-state index in [1.54, 1.807) is 0 Å². The van der Waals surface area contributed by atoms with Crippen LogP contribution in [0.15, 0.2) is 199 Å². The first-order valence-electron chi connectivity index (χ1n) is 18.0. The van der Waals surface area contributed by atoms with Gasteiger partial charge >= 0.3 is 0 Å². The van der Waals surface area contributed by atoms with E-state index in [1.807, 2.05) is 0 Å². The third kappa shape index (κ3) is 4.95. The van der Waals surface area contributed by atoms with Gasteiger partial charge in [0, 0.05) is 38.7 Å². The van der Waals surface area contributed by atoms with Crippen LogP contribution in [0.3, 0.4) is 0 Å². The number of hydrogen-bond acceptors (Lipinski definition) is 2. The van der Waals surface area contributed by atoms with E-state index in [-0.39, 0.29) is 6.04 Å². The predicted molar refractivity (Wildman–Crippen MR) is 220 cm³/mol. The van der Waals surface area contributed by atoms with E-state index in [0.717, 1.165) is 45.0 Å². The molecule has 2 heteroatoms. The summed E-state index contributed by atoms with van der Waals surface area (Å²) in [4.78, 5) is 2.48. The molecule has 8 aromatic carbocycles. The lowest BCUT2D eigenvalue weighted by atomic mass is 9.91. The van der Waals surface area contributed by atoms with Gasteiger partial charge in [0.05, 0.1) is 6.04 Å². The molecule has 0 amide bonds. The Morgan fingerprint density at radius 3 is 1.56 bits per heavy atom. The average Bonchev–Trinajstić information content (AvgIpc) is 3.61. The van der Waals surface area contributed by atoms with Crippen molar-refractivity contribution >= 4 is 54.9 Å². The van der Waals surface area contributed by atoms with E-state index in [1.165, 1.54) is 49.6 Å². The van der Waals surface area contributed by atoms with E-state index >= 15 is 0 Å². The van der Waals surface area contributed by atoms with E-state index in [2.05, 4.69) is 199 Å². The van der Waals surface area contributed by atoms with Gasteiger partial charge in [-0.15, -0.1) is 0 Å². The van der Waals surface area contributed by atoms with Crippen LogP contribution in [0, 0.1) is 0 Å². The van der Waals surface area contributed by atoms with Crippen molar-refractivity contribution in [3.05, 3.63) is 194 Å². The Labute approximate surface area is 303 Å². The molecule has 1 aliphatic rings. The highest BCUT2D eigenvalue weighted by atomic mass is 16.3. The van der Waals surface area contributed by atoms with Crippen molar-refractivity contribution in [2.24, 2.45) is 0 Å². The number of allylic oxidation sites excluding steroid dienone is 2. The van der Waals surface area contributed by atoms with Gasteiger partial charge in [-0.3, -0.25) is 0 Å². The molecule has 0 saturated heterocycles. The Kier molecular flexibility index (Phi) is 7.32. The van der Waals surface area contributed by atoms with Crippen LogP contribution >= 0.6 is 0 Å². The minimum Gasteiger partial charge on any atom is -0.455 e. The van der Waals surface area contributed by atoms with Crippen molar-refractivity contribution in [2.75, 3.05) is 4.90 Å². The molecule has 52 heavy (non-hydrogen) atoms. The standard InChI is InChI=1S/C50H35NO/c1-4-16-34(17-5-1)37-30-31-41(39-23-11-10-22-38(37)39)44-26-14-28-46-47-29-15-27-45(50(47)52-49(44)46)42-32-33-48(43-25-13-12-24-40(42)43)51(35-18-6-2-7-19-35)36-20-8-3-9-21-36/h1-20,22-33,36H,21H2. The molecular formula is C50H35NO. The molecule has 0 aliphatic heterocycles. The second kappa shape index (κ2) is 12.6.